The van der Waals surface area contributed by atoms with Gasteiger partial charge >= 0.3 is 6.03 Å². The van der Waals surface area contributed by atoms with E-state index in [1.807, 2.05) is 35.4 Å². The molecule has 142 valence electrons. The molecule has 0 aliphatic carbocycles. The van der Waals surface area contributed by atoms with Crippen molar-refractivity contribution in [3.8, 4) is 0 Å². The van der Waals surface area contributed by atoms with Crippen LogP contribution in [0.2, 0.25) is 0 Å². The first kappa shape index (κ1) is 19.0. The number of likely N-dealkylation sites (tertiary alicyclic amines) is 2. The fourth-order valence-electron chi connectivity index (χ4n) is 3.94. The van der Waals surface area contributed by atoms with Crippen LogP contribution in [0.3, 0.4) is 0 Å². The van der Waals surface area contributed by atoms with Crippen molar-refractivity contribution in [3.63, 3.8) is 0 Å². The molecule has 1 aromatic carbocycles. The first-order valence-corrected chi connectivity index (χ1v) is 10.2. The van der Waals surface area contributed by atoms with E-state index in [9.17, 15) is 14.7 Å². The fourth-order valence-corrected chi connectivity index (χ4v) is 4.53. The van der Waals surface area contributed by atoms with Crippen molar-refractivity contribution < 1.29 is 14.7 Å². The van der Waals surface area contributed by atoms with Gasteiger partial charge in [-0.25, -0.2) is 4.79 Å². The van der Waals surface area contributed by atoms with Crippen molar-refractivity contribution in [1.82, 2.24) is 14.7 Å². The maximum Gasteiger partial charge on any atom is 0.319 e. The van der Waals surface area contributed by atoms with E-state index in [1.54, 1.807) is 35.7 Å². The molecular weight excluding hydrogens is 350 g/mol. The number of thioether (sulfide) groups is 1. The van der Waals surface area contributed by atoms with Crippen LogP contribution in [0.15, 0.2) is 29.2 Å². The van der Waals surface area contributed by atoms with Gasteiger partial charge in [0.2, 0.25) is 0 Å². The number of urea groups is 1. The largest absolute Gasteiger partial charge is 0.389 e. The van der Waals surface area contributed by atoms with E-state index in [0.29, 0.717) is 44.6 Å². The average Bonchev–Trinajstić information content (AvgIpc) is 2.65. The van der Waals surface area contributed by atoms with Gasteiger partial charge in [0.25, 0.3) is 5.91 Å². The first-order valence-electron chi connectivity index (χ1n) is 8.96. The highest BCUT2D eigenvalue weighted by Crippen LogP contribution is 2.36. The predicted molar refractivity (Wildman–Crippen MR) is 102 cm³/mol. The van der Waals surface area contributed by atoms with Crippen LogP contribution in [0.1, 0.15) is 23.2 Å². The van der Waals surface area contributed by atoms with Crippen LogP contribution in [0, 0.1) is 5.92 Å². The van der Waals surface area contributed by atoms with E-state index in [2.05, 4.69) is 0 Å². The summed E-state index contributed by atoms with van der Waals surface area (Å²) in [6.07, 6.45) is 3.10. The summed E-state index contributed by atoms with van der Waals surface area (Å²) in [7, 11) is 3.47. The van der Waals surface area contributed by atoms with Gasteiger partial charge in [-0.15, -0.1) is 11.8 Å². The smallest absolute Gasteiger partial charge is 0.319 e. The summed E-state index contributed by atoms with van der Waals surface area (Å²) in [6.45, 7) is 2.08. The second kappa shape index (κ2) is 7.48. The molecule has 0 saturated carbocycles. The van der Waals surface area contributed by atoms with Crippen LogP contribution in [-0.2, 0) is 0 Å². The van der Waals surface area contributed by atoms with Crippen LogP contribution in [0.25, 0.3) is 0 Å². The molecule has 2 saturated heterocycles. The molecule has 1 N–H and O–H groups in total. The Morgan fingerprint density at radius 3 is 2.42 bits per heavy atom. The molecule has 26 heavy (non-hydrogen) atoms. The summed E-state index contributed by atoms with van der Waals surface area (Å²) in [5.41, 5.74) is -0.0682. The molecule has 2 aliphatic heterocycles. The van der Waals surface area contributed by atoms with Crippen LogP contribution in [0.5, 0.6) is 0 Å². The van der Waals surface area contributed by atoms with E-state index < -0.39 is 5.60 Å². The second-order valence-corrected chi connectivity index (χ2v) is 8.22. The van der Waals surface area contributed by atoms with Gasteiger partial charge in [-0.05, 0) is 31.2 Å². The lowest BCUT2D eigenvalue weighted by atomic mass is 9.75. The maximum atomic E-state index is 13.0. The number of hydrogen-bond acceptors (Lipinski definition) is 4. The number of aliphatic hydroxyl groups is 1. The summed E-state index contributed by atoms with van der Waals surface area (Å²) in [5, 5.41) is 11.0. The highest BCUT2D eigenvalue weighted by molar-refractivity contribution is 7.98. The predicted octanol–water partition coefficient (Wildman–Crippen LogP) is 1.99. The lowest BCUT2D eigenvalue weighted by molar-refractivity contribution is -0.101. The van der Waals surface area contributed by atoms with Crippen LogP contribution in [0.4, 0.5) is 4.79 Å². The average molecular weight is 378 g/mol. The Hall–Kier alpha value is -1.73. The van der Waals surface area contributed by atoms with E-state index in [-0.39, 0.29) is 17.9 Å². The molecule has 2 heterocycles. The topological polar surface area (TPSA) is 64.1 Å². The summed E-state index contributed by atoms with van der Waals surface area (Å²) in [4.78, 5) is 31.4. The number of benzene rings is 1. The third-order valence-corrected chi connectivity index (χ3v) is 6.34. The number of amides is 3. The van der Waals surface area contributed by atoms with Crippen molar-refractivity contribution in [2.24, 2.45) is 5.92 Å². The molecule has 3 amide bonds. The lowest BCUT2D eigenvalue weighted by Gasteiger charge is -2.50. The lowest BCUT2D eigenvalue weighted by Crippen LogP contribution is -2.62. The Kier molecular flexibility index (Phi) is 5.48. The van der Waals surface area contributed by atoms with Crippen molar-refractivity contribution in [1.29, 1.82) is 0 Å². The van der Waals surface area contributed by atoms with Gasteiger partial charge in [0, 0.05) is 51.1 Å². The molecule has 2 atom stereocenters. The summed E-state index contributed by atoms with van der Waals surface area (Å²) in [5.74, 6) is -0.104. The maximum absolute atomic E-state index is 13.0. The standard InChI is InChI=1S/C19H27N3O3S/c1-20(2)18(24)22-11-9-19(25)8-10-21(12-14(19)13-22)17(23)15-6-4-5-7-16(15)26-3/h4-7,14,25H,8-13H2,1-3H3/t14-,19-/m1/s1. The second-order valence-electron chi connectivity index (χ2n) is 7.37. The number of carbonyl (C=O) groups is 2. The van der Waals surface area contributed by atoms with Gasteiger partial charge in [-0.3, -0.25) is 4.79 Å². The fraction of sp³-hybridized carbons (Fsp3) is 0.579. The number of nitrogens with zero attached hydrogens (tertiary/aromatic N) is 3. The highest BCUT2D eigenvalue weighted by atomic mass is 32.2. The number of carbonyl (C=O) groups excluding carboxylic acids is 2. The van der Waals surface area contributed by atoms with E-state index in [4.69, 9.17) is 0 Å². The Balaban J connectivity index is 1.75. The van der Waals surface area contributed by atoms with Crippen LogP contribution in [-0.4, -0.2) is 83.9 Å². The molecule has 7 heteroatoms. The number of hydrogen-bond donors (Lipinski definition) is 1. The SMILES string of the molecule is CSc1ccccc1C(=O)N1CC[C@@]2(O)CCN(C(=O)N(C)C)C[C@H]2C1. The summed E-state index contributed by atoms with van der Waals surface area (Å²) < 4.78 is 0. The van der Waals surface area contributed by atoms with Crippen molar-refractivity contribution in [3.05, 3.63) is 29.8 Å². The molecular formula is C19H27N3O3S. The van der Waals surface area contributed by atoms with Crippen molar-refractivity contribution in [2.45, 2.75) is 23.3 Å². The number of fused-ring (bicyclic) bond motifs is 1. The molecule has 2 fully saturated rings. The third kappa shape index (κ3) is 3.55. The molecule has 1 aromatic rings. The van der Waals surface area contributed by atoms with Crippen molar-refractivity contribution in [2.75, 3.05) is 46.5 Å². The Morgan fingerprint density at radius 2 is 1.77 bits per heavy atom. The minimum atomic E-state index is -0.779. The molecule has 0 spiro atoms. The number of rotatable bonds is 2. The zero-order valence-corrected chi connectivity index (χ0v) is 16.5. The van der Waals surface area contributed by atoms with Gasteiger partial charge in [0.1, 0.15) is 0 Å². The van der Waals surface area contributed by atoms with Crippen LogP contribution < -0.4 is 0 Å². The molecule has 3 rings (SSSR count). The van der Waals surface area contributed by atoms with Gasteiger partial charge in [0.05, 0.1) is 11.2 Å². The molecule has 0 aromatic heterocycles. The minimum absolute atomic E-state index is 0.00746. The highest BCUT2D eigenvalue weighted by Gasteiger charge is 2.47. The molecule has 6 nitrogen and oxygen atoms in total. The first-order chi connectivity index (χ1) is 12.4. The molecule has 0 unspecified atom stereocenters. The normalized spacial score (nSPS) is 25.6. The van der Waals surface area contributed by atoms with E-state index in [1.165, 1.54) is 0 Å². The zero-order chi connectivity index (χ0) is 18.9. The molecule has 0 bridgehead atoms. The Labute approximate surface area is 159 Å². The van der Waals surface area contributed by atoms with E-state index >= 15 is 0 Å². The third-order valence-electron chi connectivity index (χ3n) is 5.55. The van der Waals surface area contributed by atoms with Crippen LogP contribution >= 0.6 is 11.8 Å². The Bertz CT molecular complexity index is 696. The zero-order valence-electron chi connectivity index (χ0n) is 15.6. The van der Waals surface area contributed by atoms with Gasteiger partial charge < -0.3 is 19.8 Å². The Morgan fingerprint density at radius 1 is 1.15 bits per heavy atom. The molecule has 2 aliphatic rings. The van der Waals surface area contributed by atoms with Crippen molar-refractivity contribution >= 4 is 23.7 Å². The summed E-state index contributed by atoms with van der Waals surface area (Å²) in [6, 6.07) is 7.59. The monoisotopic (exact) mass is 377 g/mol. The van der Waals surface area contributed by atoms with E-state index in [0.717, 1.165) is 4.90 Å². The molecule has 0 radical (unpaired) electrons. The minimum Gasteiger partial charge on any atom is -0.389 e. The van der Waals surface area contributed by atoms with Gasteiger partial charge in [-0.2, -0.15) is 0 Å². The van der Waals surface area contributed by atoms with Gasteiger partial charge in [0.15, 0.2) is 0 Å². The quantitative estimate of drug-likeness (QED) is 0.801. The number of piperidine rings is 2. The summed E-state index contributed by atoms with van der Waals surface area (Å²) >= 11 is 1.56. The van der Waals surface area contributed by atoms with Gasteiger partial charge in [-0.1, -0.05) is 12.1 Å².